The van der Waals surface area contributed by atoms with E-state index in [-0.39, 0.29) is 5.56 Å². The summed E-state index contributed by atoms with van der Waals surface area (Å²) in [5.74, 6) is -0.914. The lowest BCUT2D eigenvalue weighted by molar-refractivity contribution is 0.102. The van der Waals surface area contributed by atoms with Crippen molar-refractivity contribution >= 4 is 11.6 Å². The Morgan fingerprint density at radius 3 is 2.52 bits per heavy atom. The monoisotopic (exact) mass is 340 g/mol. The summed E-state index contributed by atoms with van der Waals surface area (Å²) in [4.78, 5) is 14.8. The van der Waals surface area contributed by atoms with Gasteiger partial charge in [0.05, 0.1) is 5.56 Å². The van der Waals surface area contributed by atoms with Crippen LogP contribution in [0.15, 0.2) is 48.5 Å². The van der Waals surface area contributed by atoms with Crippen molar-refractivity contribution in [2.45, 2.75) is 44.7 Å². The van der Waals surface area contributed by atoms with Crippen molar-refractivity contribution in [2.24, 2.45) is 0 Å². The maximum absolute atomic E-state index is 13.8. The summed E-state index contributed by atoms with van der Waals surface area (Å²) in [5.41, 5.74) is 1.87. The smallest absolute Gasteiger partial charge is 0.258 e. The molecule has 0 atom stereocenters. The number of rotatable bonds is 5. The lowest BCUT2D eigenvalue weighted by Gasteiger charge is -2.31. The molecule has 0 spiro atoms. The molecule has 1 amide bonds. The van der Waals surface area contributed by atoms with Crippen LogP contribution in [0.5, 0.6) is 0 Å². The van der Waals surface area contributed by atoms with Crippen LogP contribution in [0.4, 0.5) is 10.1 Å². The molecule has 132 valence electrons. The molecule has 4 heteroatoms. The van der Waals surface area contributed by atoms with Gasteiger partial charge in [-0.3, -0.25) is 9.69 Å². The Morgan fingerprint density at radius 2 is 1.76 bits per heavy atom. The van der Waals surface area contributed by atoms with Crippen molar-refractivity contribution in [3.05, 3.63) is 65.5 Å². The molecule has 1 fully saturated rings. The Morgan fingerprint density at radius 1 is 1.08 bits per heavy atom. The van der Waals surface area contributed by atoms with E-state index in [1.54, 1.807) is 12.1 Å². The third-order valence-electron chi connectivity index (χ3n) is 5.00. The van der Waals surface area contributed by atoms with E-state index < -0.39 is 11.7 Å². The summed E-state index contributed by atoms with van der Waals surface area (Å²) in [6.45, 7) is 0.776. The van der Waals surface area contributed by atoms with Crippen LogP contribution in [0.2, 0.25) is 0 Å². The van der Waals surface area contributed by atoms with Crippen molar-refractivity contribution in [3.8, 4) is 0 Å². The second-order valence-electron chi connectivity index (χ2n) is 6.80. The lowest BCUT2D eigenvalue weighted by atomic mass is 9.94. The van der Waals surface area contributed by atoms with Crippen LogP contribution in [0.25, 0.3) is 0 Å². The van der Waals surface area contributed by atoms with Gasteiger partial charge in [-0.15, -0.1) is 0 Å². The normalized spacial score (nSPS) is 15.3. The first-order valence-electron chi connectivity index (χ1n) is 8.99. The highest BCUT2D eigenvalue weighted by molar-refractivity contribution is 6.04. The predicted octanol–water partition coefficient (Wildman–Crippen LogP) is 4.84. The van der Waals surface area contributed by atoms with Crippen molar-refractivity contribution < 1.29 is 9.18 Å². The van der Waals surface area contributed by atoms with Crippen molar-refractivity contribution in [1.29, 1.82) is 0 Å². The van der Waals surface area contributed by atoms with E-state index in [0.717, 1.165) is 17.8 Å². The number of carbonyl (C=O) groups excluding carboxylic acids is 1. The van der Waals surface area contributed by atoms with Gasteiger partial charge in [-0.1, -0.05) is 49.6 Å². The third-order valence-corrected chi connectivity index (χ3v) is 5.00. The molecule has 0 bridgehead atoms. The van der Waals surface area contributed by atoms with Crippen LogP contribution in [0.1, 0.15) is 48.0 Å². The maximum atomic E-state index is 13.8. The van der Waals surface area contributed by atoms with E-state index in [4.69, 9.17) is 0 Å². The topological polar surface area (TPSA) is 32.3 Å². The van der Waals surface area contributed by atoms with Gasteiger partial charge < -0.3 is 5.32 Å². The van der Waals surface area contributed by atoms with E-state index in [2.05, 4.69) is 17.3 Å². The zero-order chi connectivity index (χ0) is 17.6. The molecule has 1 saturated carbocycles. The van der Waals surface area contributed by atoms with E-state index in [9.17, 15) is 9.18 Å². The fraction of sp³-hybridized carbons (Fsp3) is 0.381. The number of para-hydroxylation sites is 1. The Bertz CT molecular complexity index is 725. The number of benzene rings is 2. The number of hydrogen-bond donors (Lipinski definition) is 1. The first-order valence-corrected chi connectivity index (χ1v) is 8.99. The second kappa shape index (κ2) is 8.26. The number of nitrogens with zero attached hydrogens (tertiary/aromatic N) is 1. The predicted molar refractivity (Wildman–Crippen MR) is 99.1 cm³/mol. The molecule has 2 aromatic carbocycles. The molecule has 2 aromatic rings. The van der Waals surface area contributed by atoms with Gasteiger partial charge in [0.15, 0.2) is 0 Å². The number of anilines is 1. The van der Waals surface area contributed by atoms with E-state index in [1.807, 2.05) is 24.3 Å². The summed E-state index contributed by atoms with van der Waals surface area (Å²) in [7, 11) is 2.14. The minimum Gasteiger partial charge on any atom is -0.322 e. The van der Waals surface area contributed by atoms with Gasteiger partial charge >= 0.3 is 0 Å². The minimum absolute atomic E-state index is 0.0675. The summed E-state index contributed by atoms with van der Waals surface area (Å²) < 4.78 is 13.8. The van der Waals surface area contributed by atoms with E-state index in [0.29, 0.717) is 6.04 Å². The van der Waals surface area contributed by atoms with E-state index in [1.165, 1.54) is 44.2 Å². The molecule has 0 aromatic heterocycles. The van der Waals surface area contributed by atoms with Gasteiger partial charge in [0.25, 0.3) is 5.91 Å². The zero-order valence-electron chi connectivity index (χ0n) is 14.7. The SMILES string of the molecule is CN(Cc1ccccc1NC(=O)c1ccccc1F)C1CCCCC1. The highest BCUT2D eigenvalue weighted by atomic mass is 19.1. The number of hydrogen-bond acceptors (Lipinski definition) is 2. The Hall–Kier alpha value is -2.20. The Labute approximate surface area is 148 Å². The first-order chi connectivity index (χ1) is 12.1. The standard InChI is InChI=1S/C21H25FN2O/c1-24(17-10-3-2-4-11-17)15-16-9-5-8-14-20(16)23-21(25)18-12-6-7-13-19(18)22/h5-9,12-14,17H,2-4,10-11,15H2,1H3,(H,23,25). The van der Waals surface area contributed by atoms with Crippen LogP contribution in [-0.2, 0) is 6.54 Å². The largest absolute Gasteiger partial charge is 0.322 e. The number of amides is 1. The molecule has 0 radical (unpaired) electrons. The molecule has 0 saturated heterocycles. The molecule has 3 rings (SSSR count). The van der Waals surface area contributed by atoms with Crippen LogP contribution < -0.4 is 5.32 Å². The van der Waals surface area contributed by atoms with Gasteiger partial charge in [-0.05, 0) is 43.7 Å². The summed E-state index contributed by atoms with van der Waals surface area (Å²) in [6, 6.07) is 14.4. The average Bonchev–Trinajstić information content (AvgIpc) is 2.64. The maximum Gasteiger partial charge on any atom is 0.258 e. The van der Waals surface area contributed by atoms with Gasteiger partial charge in [0.2, 0.25) is 0 Å². The molecular weight excluding hydrogens is 315 g/mol. The average molecular weight is 340 g/mol. The van der Waals surface area contributed by atoms with Gasteiger partial charge in [-0.2, -0.15) is 0 Å². The van der Waals surface area contributed by atoms with Gasteiger partial charge in [-0.25, -0.2) is 4.39 Å². The number of halogens is 1. The fourth-order valence-electron chi connectivity index (χ4n) is 3.53. The minimum atomic E-state index is -0.503. The number of nitrogens with one attached hydrogen (secondary N) is 1. The van der Waals surface area contributed by atoms with Crippen molar-refractivity contribution in [3.63, 3.8) is 0 Å². The highest BCUT2D eigenvalue weighted by Crippen LogP contribution is 2.25. The molecule has 0 heterocycles. The van der Waals surface area contributed by atoms with Gasteiger partial charge in [0, 0.05) is 18.3 Å². The molecule has 1 aliphatic rings. The zero-order valence-corrected chi connectivity index (χ0v) is 14.7. The molecule has 1 aliphatic carbocycles. The molecule has 25 heavy (non-hydrogen) atoms. The number of carbonyl (C=O) groups is 1. The molecule has 0 unspecified atom stereocenters. The quantitative estimate of drug-likeness (QED) is 0.844. The van der Waals surface area contributed by atoms with Crippen LogP contribution in [0, 0.1) is 5.82 Å². The first kappa shape index (κ1) is 17.6. The van der Waals surface area contributed by atoms with Gasteiger partial charge in [0.1, 0.15) is 5.82 Å². The molecule has 0 aliphatic heterocycles. The summed E-state index contributed by atoms with van der Waals surface area (Å²) >= 11 is 0. The third kappa shape index (κ3) is 4.45. The van der Waals surface area contributed by atoms with E-state index >= 15 is 0 Å². The fourth-order valence-corrected chi connectivity index (χ4v) is 3.53. The van der Waals surface area contributed by atoms with Crippen molar-refractivity contribution in [1.82, 2.24) is 4.90 Å². The summed E-state index contributed by atoms with van der Waals surface area (Å²) in [6.07, 6.45) is 6.39. The van der Waals surface area contributed by atoms with Crippen LogP contribution in [0.3, 0.4) is 0 Å². The molecular formula is C21H25FN2O. The highest BCUT2D eigenvalue weighted by Gasteiger charge is 2.19. The summed E-state index contributed by atoms with van der Waals surface area (Å²) in [5, 5.41) is 2.87. The second-order valence-corrected chi connectivity index (χ2v) is 6.80. The molecule has 3 nitrogen and oxygen atoms in total. The van der Waals surface area contributed by atoms with Crippen LogP contribution >= 0.6 is 0 Å². The van der Waals surface area contributed by atoms with Crippen molar-refractivity contribution in [2.75, 3.05) is 12.4 Å². The van der Waals surface area contributed by atoms with Crippen LogP contribution in [-0.4, -0.2) is 23.9 Å². The lowest BCUT2D eigenvalue weighted by Crippen LogP contribution is -2.33. The molecule has 1 N–H and O–H groups in total. The Kier molecular flexibility index (Phi) is 5.82. The Balaban J connectivity index is 1.72.